The fraction of sp³-hybridized carbons (Fsp3) is 0.467. The second-order valence-electron chi connectivity index (χ2n) is 5.31. The Kier molecular flexibility index (Phi) is 4.61. The van der Waals surface area contributed by atoms with Gasteiger partial charge in [0, 0.05) is 6.04 Å². The summed E-state index contributed by atoms with van der Waals surface area (Å²) in [4.78, 5) is 22.9. The predicted octanol–water partition coefficient (Wildman–Crippen LogP) is 1.69. The van der Waals surface area contributed by atoms with E-state index in [9.17, 15) is 14.7 Å². The highest BCUT2D eigenvalue weighted by molar-refractivity contribution is 5.79. The molecule has 2 rings (SSSR count). The van der Waals surface area contributed by atoms with E-state index in [2.05, 4.69) is 5.32 Å². The third-order valence-electron chi connectivity index (χ3n) is 3.66. The first-order valence-corrected chi connectivity index (χ1v) is 6.84. The van der Waals surface area contributed by atoms with Crippen LogP contribution in [-0.4, -0.2) is 28.1 Å². The molecular formula is C15H19NO4. The number of rotatable bonds is 4. The van der Waals surface area contributed by atoms with Crippen molar-refractivity contribution in [2.45, 2.75) is 38.1 Å². The minimum atomic E-state index is -0.781. The van der Waals surface area contributed by atoms with Crippen molar-refractivity contribution in [3.8, 4) is 5.75 Å². The molecule has 5 heteroatoms. The molecule has 3 N–H and O–H groups in total. The minimum Gasteiger partial charge on any atom is -0.508 e. The number of aromatic hydroxyl groups is 1. The van der Waals surface area contributed by atoms with E-state index in [-0.39, 0.29) is 30.0 Å². The summed E-state index contributed by atoms with van der Waals surface area (Å²) in [6, 6.07) is 6.52. The Morgan fingerprint density at radius 1 is 1.30 bits per heavy atom. The van der Waals surface area contributed by atoms with Crippen LogP contribution in [0.3, 0.4) is 0 Å². The summed E-state index contributed by atoms with van der Waals surface area (Å²) in [5.74, 6) is -1.13. The van der Waals surface area contributed by atoms with Crippen LogP contribution in [0.5, 0.6) is 5.75 Å². The van der Waals surface area contributed by atoms with Crippen molar-refractivity contribution in [2.75, 3.05) is 0 Å². The monoisotopic (exact) mass is 277 g/mol. The molecule has 108 valence electrons. The van der Waals surface area contributed by atoms with E-state index in [1.54, 1.807) is 24.3 Å². The number of carbonyl (C=O) groups excluding carboxylic acids is 1. The van der Waals surface area contributed by atoms with Gasteiger partial charge in [0.25, 0.3) is 0 Å². The Balaban J connectivity index is 1.86. The first kappa shape index (κ1) is 14.4. The molecule has 0 spiro atoms. The molecule has 20 heavy (non-hydrogen) atoms. The zero-order valence-corrected chi connectivity index (χ0v) is 11.2. The third kappa shape index (κ3) is 3.98. The lowest BCUT2D eigenvalue weighted by atomic mass is 9.85. The van der Waals surface area contributed by atoms with Crippen molar-refractivity contribution in [1.29, 1.82) is 0 Å². The quantitative estimate of drug-likeness (QED) is 0.781. The van der Waals surface area contributed by atoms with E-state index in [1.807, 2.05) is 0 Å². The van der Waals surface area contributed by atoms with E-state index in [0.717, 1.165) is 18.4 Å². The predicted molar refractivity (Wildman–Crippen MR) is 73.3 cm³/mol. The fourth-order valence-electron chi connectivity index (χ4n) is 2.68. The number of hydrogen-bond acceptors (Lipinski definition) is 3. The summed E-state index contributed by atoms with van der Waals surface area (Å²) < 4.78 is 0. The van der Waals surface area contributed by atoms with Crippen LogP contribution in [0.25, 0.3) is 0 Å². The average molecular weight is 277 g/mol. The van der Waals surface area contributed by atoms with Crippen molar-refractivity contribution in [1.82, 2.24) is 5.32 Å². The molecule has 1 aromatic carbocycles. The van der Waals surface area contributed by atoms with Gasteiger partial charge in [-0.3, -0.25) is 9.59 Å². The highest BCUT2D eigenvalue weighted by Crippen LogP contribution is 2.24. The molecule has 0 heterocycles. The molecule has 0 saturated heterocycles. The zero-order valence-electron chi connectivity index (χ0n) is 11.2. The van der Waals surface area contributed by atoms with Crippen LogP contribution < -0.4 is 5.32 Å². The topological polar surface area (TPSA) is 86.6 Å². The van der Waals surface area contributed by atoms with E-state index >= 15 is 0 Å². The first-order valence-electron chi connectivity index (χ1n) is 6.84. The van der Waals surface area contributed by atoms with Crippen LogP contribution in [0.4, 0.5) is 0 Å². The van der Waals surface area contributed by atoms with Crippen molar-refractivity contribution in [3.63, 3.8) is 0 Å². The molecule has 1 fully saturated rings. The van der Waals surface area contributed by atoms with Crippen LogP contribution in [0, 0.1) is 5.92 Å². The SMILES string of the molecule is O=C(Cc1cccc(O)c1)NC1CCCC(C(=O)O)C1. The number of carboxylic acid groups (broad SMARTS) is 1. The van der Waals surface area contributed by atoms with Gasteiger partial charge < -0.3 is 15.5 Å². The standard InChI is InChI=1S/C15H19NO4/c17-13-6-1-3-10(7-13)8-14(18)16-12-5-2-4-11(9-12)15(19)20/h1,3,6-7,11-12,17H,2,4-5,8-9H2,(H,16,18)(H,19,20). The molecule has 1 aliphatic rings. The number of carbonyl (C=O) groups is 2. The van der Waals surface area contributed by atoms with Gasteiger partial charge >= 0.3 is 5.97 Å². The van der Waals surface area contributed by atoms with Crippen molar-refractivity contribution >= 4 is 11.9 Å². The summed E-state index contributed by atoms with van der Waals surface area (Å²) in [6.07, 6.45) is 3.04. The number of phenols is 1. The first-order chi connectivity index (χ1) is 9.54. The van der Waals surface area contributed by atoms with Crippen LogP contribution in [-0.2, 0) is 16.0 Å². The van der Waals surface area contributed by atoms with Gasteiger partial charge in [0.15, 0.2) is 0 Å². The fourth-order valence-corrected chi connectivity index (χ4v) is 2.68. The summed E-state index contributed by atoms with van der Waals surface area (Å²) >= 11 is 0. The number of aliphatic carboxylic acids is 1. The molecule has 1 aromatic rings. The number of benzene rings is 1. The highest BCUT2D eigenvalue weighted by atomic mass is 16.4. The number of hydrogen-bond donors (Lipinski definition) is 3. The lowest BCUT2D eigenvalue weighted by Crippen LogP contribution is -2.40. The molecule has 2 unspecified atom stereocenters. The van der Waals surface area contributed by atoms with Gasteiger partial charge in [-0.1, -0.05) is 18.6 Å². The molecule has 1 saturated carbocycles. The van der Waals surface area contributed by atoms with Crippen LogP contribution >= 0.6 is 0 Å². The van der Waals surface area contributed by atoms with Crippen LogP contribution in [0.15, 0.2) is 24.3 Å². The second-order valence-corrected chi connectivity index (χ2v) is 5.31. The van der Waals surface area contributed by atoms with Crippen molar-refractivity contribution in [3.05, 3.63) is 29.8 Å². The van der Waals surface area contributed by atoms with Crippen LogP contribution in [0.2, 0.25) is 0 Å². The molecule has 0 radical (unpaired) electrons. The largest absolute Gasteiger partial charge is 0.508 e. The maximum absolute atomic E-state index is 11.9. The summed E-state index contributed by atoms with van der Waals surface area (Å²) in [5, 5.41) is 21.2. The Bertz CT molecular complexity index is 500. The Morgan fingerprint density at radius 2 is 2.10 bits per heavy atom. The Morgan fingerprint density at radius 3 is 2.80 bits per heavy atom. The van der Waals surface area contributed by atoms with Crippen molar-refractivity contribution < 1.29 is 19.8 Å². The number of amides is 1. The summed E-state index contributed by atoms with van der Waals surface area (Å²) in [6.45, 7) is 0. The normalized spacial score (nSPS) is 22.2. The molecule has 0 aromatic heterocycles. The maximum Gasteiger partial charge on any atom is 0.306 e. The Hall–Kier alpha value is -2.04. The summed E-state index contributed by atoms with van der Waals surface area (Å²) in [7, 11) is 0. The number of phenolic OH excluding ortho intramolecular Hbond substituents is 1. The Labute approximate surface area is 117 Å². The lowest BCUT2D eigenvalue weighted by Gasteiger charge is -2.27. The minimum absolute atomic E-state index is 0.0605. The summed E-state index contributed by atoms with van der Waals surface area (Å²) in [5.41, 5.74) is 0.744. The van der Waals surface area contributed by atoms with Gasteiger partial charge in [0.1, 0.15) is 5.75 Å². The highest BCUT2D eigenvalue weighted by Gasteiger charge is 2.27. The van der Waals surface area contributed by atoms with E-state index in [0.29, 0.717) is 12.8 Å². The molecule has 5 nitrogen and oxygen atoms in total. The molecule has 1 aliphatic carbocycles. The van der Waals surface area contributed by atoms with Crippen molar-refractivity contribution in [2.24, 2.45) is 5.92 Å². The van der Waals surface area contributed by atoms with Crippen LogP contribution in [0.1, 0.15) is 31.2 Å². The average Bonchev–Trinajstić information content (AvgIpc) is 2.38. The third-order valence-corrected chi connectivity index (χ3v) is 3.66. The van der Waals surface area contributed by atoms with E-state index in [1.165, 1.54) is 0 Å². The molecule has 2 atom stereocenters. The van der Waals surface area contributed by atoms with Gasteiger partial charge in [-0.25, -0.2) is 0 Å². The molecular weight excluding hydrogens is 258 g/mol. The smallest absolute Gasteiger partial charge is 0.306 e. The molecule has 0 bridgehead atoms. The van der Waals surface area contributed by atoms with Gasteiger partial charge in [-0.15, -0.1) is 0 Å². The van der Waals surface area contributed by atoms with Gasteiger partial charge in [-0.2, -0.15) is 0 Å². The number of nitrogens with one attached hydrogen (secondary N) is 1. The van der Waals surface area contributed by atoms with Gasteiger partial charge in [0.05, 0.1) is 12.3 Å². The second kappa shape index (κ2) is 6.41. The number of carboxylic acids is 1. The molecule has 0 aliphatic heterocycles. The lowest BCUT2D eigenvalue weighted by molar-refractivity contribution is -0.143. The van der Waals surface area contributed by atoms with E-state index < -0.39 is 5.97 Å². The van der Waals surface area contributed by atoms with Gasteiger partial charge in [0.2, 0.25) is 5.91 Å². The zero-order chi connectivity index (χ0) is 14.5. The van der Waals surface area contributed by atoms with E-state index in [4.69, 9.17) is 5.11 Å². The van der Waals surface area contributed by atoms with Gasteiger partial charge in [-0.05, 0) is 37.0 Å². The molecule has 1 amide bonds. The maximum atomic E-state index is 11.9.